The summed E-state index contributed by atoms with van der Waals surface area (Å²) in [5.41, 5.74) is 0.178. The quantitative estimate of drug-likeness (QED) is 0.866. The van der Waals surface area contributed by atoms with Crippen LogP contribution in [0.2, 0.25) is 0 Å². The summed E-state index contributed by atoms with van der Waals surface area (Å²) in [7, 11) is 3.23. The molecular weight excluding hydrogens is 311 g/mol. The third kappa shape index (κ3) is 3.26. The minimum absolute atomic E-state index is 0.132. The highest BCUT2D eigenvalue weighted by Crippen LogP contribution is 2.36. The first kappa shape index (κ1) is 15.7. The van der Waals surface area contributed by atoms with Crippen LogP contribution in [0.4, 0.5) is 13.2 Å². The van der Waals surface area contributed by atoms with E-state index in [1.54, 1.807) is 18.0 Å². The fourth-order valence-electron chi connectivity index (χ4n) is 2.64. The van der Waals surface area contributed by atoms with Crippen LogP contribution in [-0.2, 0) is 26.3 Å². The van der Waals surface area contributed by atoms with E-state index in [2.05, 4.69) is 5.10 Å². The molecule has 0 unspecified atom stereocenters. The standard InChI is InChI=1S/C15H16F3N3O2/c1-20(6-10-4-3-5-12-13(10)23-9-22-12)7-11-8-21(2)19-14(11)15(16,17)18/h3-5,8H,6-7,9H2,1-2H3. The van der Waals surface area contributed by atoms with Crippen molar-refractivity contribution in [1.29, 1.82) is 0 Å². The molecule has 0 spiro atoms. The predicted molar refractivity (Wildman–Crippen MR) is 75.9 cm³/mol. The van der Waals surface area contributed by atoms with E-state index in [1.807, 2.05) is 12.1 Å². The van der Waals surface area contributed by atoms with Crippen molar-refractivity contribution >= 4 is 0 Å². The first-order valence-corrected chi connectivity index (χ1v) is 7.00. The van der Waals surface area contributed by atoms with Gasteiger partial charge >= 0.3 is 6.18 Å². The molecule has 3 rings (SSSR count). The second kappa shape index (κ2) is 5.77. The molecule has 23 heavy (non-hydrogen) atoms. The van der Waals surface area contributed by atoms with Gasteiger partial charge in [-0.05, 0) is 13.1 Å². The van der Waals surface area contributed by atoms with Crippen LogP contribution < -0.4 is 9.47 Å². The summed E-state index contributed by atoms with van der Waals surface area (Å²) in [4.78, 5) is 1.78. The van der Waals surface area contributed by atoms with Crippen LogP contribution in [0, 0.1) is 0 Å². The maximum absolute atomic E-state index is 13.0. The molecule has 1 aliphatic heterocycles. The third-order valence-electron chi connectivity index (χ3n) is 3.53. The van der Waals surface area contributed by atoms with E-state index in [0.29, 0.717) is 18.0 Å². The summed E-state index contributed by atoms with van der Waals surface area (Å²) in [6.07, 6.45) is -3.06. The van der Waals surface area contributed by atoms with Gasteiger partial charge in [-0.2, -0.15) is 18.3 Å². The zero-order valence-electron chi connectivity index (χ0n) is 12.7. The van der Waals surface area contributed by atoms with Gasteiger partial charge in [0.1, 0.15) is 0 Å². The Labute approximate surface area is 131 Å². The highest BCUT2D eigenvalue weighted by molar-refractivity contribution is 5.48. The number of para-hydroxylation sites is 1. The highest BCUT2D eigenvalue weighted by Gasteiger charge is 2.37. The van der Waals surface area contributed by atoms with Crippen LogP contribution in [0.25, 0.3) is 0 Å². The molecule has 0 bridgehead atoms. The van der Waals surface area contributed by atoms with E-state index in [4.69, 9.17) is 9.47 Å². The van der Waals surface area contributed by atoms with Gasteiger partial charge in [0.05, 0.1) is 0 Å². The van der Waals surface area contributed by atoms with Crippen LogP contribution in [0.5, 0.6) is 11.5 Å². The number of halogens is 3. The molecule has 2 aromatic rings. The van der Waals surface area contributed by atoms with E-state index in [0.717, 1.165) is 5.56 Å². The van der Waals surface area contributed by atoms with Crippen LogP contribution >= 0.6 is 0 Å². The molecule has 0 amide bonds. The van der Waals surface area contributed by atoms with Gasteiger partial charge < -0.3 is 9.47 Å². The predicted octanol–water partition coefficient (Wildman–Crippen LogP) is 2.80. The Bertz CT molecular complexity index is 712. The molecule has 8 heteroatoms. The third-order valence-corrected chi connectivity index (χ3v) is 3.53. The Hall–Kier alpha value is -2.22. The first-order chi connectivity index (χ1) is 10.8. The average molecular weight is 327 g/mol. The molecule has 5 nitrogen and oxygen atoms in total. The van der Waals surface area contributed by atoms with Crippen molar-refractivity contribution in [2.24, 2.45) is 7.05 Å². The van der Waals surface area contributed by atoms with E-state index < -0.39 is 11.9 Å². The Balaban J connectivity index is 1.76. The molecule has 0 aliphatic carbocycles. The molecule has 1 aliphatic rings. The Kier molecular flexibility index (Phi) is 3.93. The number of benzene rings is 1. The summed E-state index contributed by atoms with van der Waals surface area (Å²) in [6.45, 7) is 0.739. The van der Waals surface area contributed by atoms with Crippen molar-refractivity contribution in [2.75, 3.05) is 13.8 Å². The maximum atomic E-state index is 13.0. The molecule has 0 atom stereocenters. The van der Waals surface area contributed by atoms with Gasteiger partial charge in [0.15, 0.2) is 17.2 Å². The lowest BCUT2D eigenvalue weighted by molar-refractivity contribution is -0.142. The fraction of sp³-hybridized carbons (Fsp3) is 0.400. The zero-order chi connectivity index (χ0) is 16.6. The van der Waals surface area contributed by atoms with E-state index >= 15 is 0 Å². The van der Waals surface area contributed by atoms with Gasteiger partial charge in [-0.15, -0.1) is 0 Å². The van der Waals surface area contributed by atoms with Gasteiger partial charge in [0.2, 0.25) is 6.79 Å². The number of fused-ring (bicyclic) bond motifs is 1. The number of aryl methyl sites for hydroxylation is 1. The lowest BCUT2D eigenvalue weighted by Crippen LogP contribution is -2.20. The second-order valence-corrected chi connectivity index (χ2v) is 5.50. The minimum Gasteiger partial charge on any atom is -0.454 e. The Morgan fingerprint density at radius 2 is 1.96 bits per heavy atom. The molecule has 1 aromatic carbocycles. The highest BCUT2D eigenvalue weighted by atomic mass is 19.4. The van der Waals surface area contributed by atoms with E-state index in [-0.39, 0.29) is 18.9 Å². The van der Waals surface area contributed by atoms with Gasteiger partial charge in [-0.1, -0.05) is 12.1 Å². The number of hydrogen-bond acceptors (Lipinski definition) is 4. The molecule has 0 N–H and O–H groups in total. The number of nitrogens with zero attached hydrogens (tertiary/aromatic N) is 3. The minimum atomic E-state index is -4.46. The molecule has 1 aromatic heterocycles. The van der Waals surface area contributed by atoms with Crippen LogP contribution in [0.15, 0.2) is 24.4 Å². The van der Waals surface area contributed by atoms with Gasteiger partial charge in [0, 0.05) is 37.5 Å². The Morgan fingerprint density at radius 1 is 1.22 bits per heavy atom. The van der Waals surface area contributed by atoms with Crippen molar-refractivity contribution in [3.63, 3.8) is 0 Å². The fourth-order valence-corrected chi connectivity index (χ4v) is 2.64. The molecule has 124 valence electrons. The molecule has 0 saturated carbocycles. The molecule has 0 radical (unpaired) electrons. The maximum Gasteiger partial charge on any atom is 0.435 e. The van der Waals surface area contributed by atoms with Gasteiger partial charge in [-0.25, -0.2) is 0 Å². The topological polar surface area (TPSA) is 39.5 Å². The Morgan fingerprint density at radius 3 is 2.70 bits per heavy atom. The van der Waals surface area contributed by atoms with Crippen LogP contribution in [0.1, 0.15) is 16.8 Å². The average Bonchev–Trinajstić information content (AvgIpc) is 3.05. The van der Waals surface area contributed by atoms with Crippen LogP contribution in [-0.4, -0.2) is 28.5 Å². The molecule has 0 fully saturated rings. The molecule has 0 saturated heterocycles. The lowest BCUT2D eigenvalue weighted by atomic mass is 10.1. The molecular formula is C15H16F3N3O2. The number of aromatic nitrogens is 2. The van der Waals surface area contributed by atoms with E-state index in [9.17, 15) is 13.2 Å². The summed E-state index contributed by atoms with van der Waals surface area (Å²) in [6, 6.07) is 5.51. The number of alkyl halides is 3. The summed E-state index contributed by atoms with van der Waals surface area (Å²) < 4.78 is 50.9. The number of ether oxygens (including phenoxy) is 2. The van der Waals surface area contributed by atoms with Crippen molar-refractivity contribution < 1.29 is 22.6 Å². The van der Waals surface area contributed by atoms with Crippen molar-refractivity contribution in [3.8, 4) is 11.5 Å². The monoisotopic (exact) mass is 327 g/mol. The van der Waals surface area contributed by atoms with Crippen molar-refractivity contribution in [2.45, 2.75) is 19.3 Å². The van der Waals surface area contributed by atoms with Crippen molar-refractivity contribution in [3.05, 3.63) is 41.2 Å². The number of rotatable bonds is 4. The summed E-state index contributed by atoms with van der Waals surface area (Å²) in [5, 5.41) is 3.52. The number of hydrogen-bond donors (Lipinski definition) is 0. The SMILES string of the molecule is CN(Cc1cn(C)nc1C(F)(F)F)Cc1cccc2c1OCO2. The normalized spacial score (nSPS) is 13.8. The molecule has 2 heterocycles. The zero-order valence-corrected chi connectivity index (χ0v) is 12.7. The van der Waals surface area contributed by atoms with Gasteiger partial charge in [0.25, 0.3) is 0 Å². The smallest absolute Gasteiger partial charge is 0.435 e. The lowest BCUT2D eigenvalue weighted by Gasteiger charge is -2.18. The van der Waals surface area contributed by atoms with Gasteiger partial charge in [-0.3, -0.25) is 9.58 Å². The van der Waals surface area contributed by atoms with Crippen molar-refractivity contribution in [1.82, 2.24) is 14.7 Å². The first-order valence-electron chi connectivity index (χ1n) is 7.00. The van der Waals surface area contributed by atoms with E-state index in [1.165, 1.54) is 17.9 Å². The largest absolute Gasteiger partial charge is 0.454 e. The summed E-state index contributed by atoms with van der Waals surface area (Å²) in [5.74, 6) is 1.31. The summed E-state index contributed by atoms with van der Waals surface area (Å²) >= 11 is 0. The van der Waals surface area contributed by atoms with Crippen LogP contribution in [0.3, 0.4) is 0 Å². The second-order valence-electron chi connectivity index (χ2n) is 5.50.